The molecule has 1 saturated heterocycles. The Morgan fingerprint density at radius 1 is 1.14 bits per heavy atom. The molecule has 1 amide bonds. The molecule has 0 bridgehead atoms. The summed E-state index contributed by atoms with van der Waals surface area (Å²) in [5.41, 5.74) is 4.06. The molecule has 1 fully saturated rings. The average Bonchev–Trinajstić information content (AvgIpc) is 3.34. The molecular weight excluding hydrogens is 458 g/mol. The molecule has 0 unspecified atom stereocenters. The van der Waals surface area contributed by atoms with Crippen LogP contribution in [-0.4, -0.2) is 66.3 Å². The van der Waals surface area contributed by atoms with Crippen molar-refractivity contribution in [2.75, 3.05) is 55.9 Å². The van der Waals surface area contributed by atoms with Gasteiger partial charge in [0.2, 0.25) is 11.9 Å². The molecule has 0 spiro atoms. The van der Waals surface area contributed by atoms with Crippen molar-refractivity contribution in [2.45, 2.75) is 0 Å². The molecule has 184 valence electrons. The number of anilines is 4. The Labute approximate surface area is 208 Å². The minimum Gasteiger partial charge on any atom is -0.494 e. The largest absolute Gasteiger partial charge is 0.494 e. The molecule has 36 heavy (non-hydrogen) atoms. The third-order valence-corrected chi connectivity index (χ3v) is 6.13. The number of fused-ring (bicyclic) bond motifs is 1. The highest BCUT2D eigenvalue weighted by Gasteiger charge is 2.21. The highest BCUT2D eigenvalue weighted by atomic mass is 16.5. The van der Waals surface area contributed by atoms with E-state index in [1.807, 2.05) is 36.4 Å². The molecule has 0 aliphatic carbocycles. The van der Waals surface area contributed by atoms with E-state index in [4.69, 9.17) is 9.26 Å². The van der Waals surface area contributed by atoms with E-state index in [2.05, 4.69) is 49.2 Å². The van der Waals surface area contributed by atoms with Crippen molar-refractivity contribution in [3.05, 3.63) is 61.3 Å². The van der Waals surface area contributed by atoms with Crippen LogP contribution in [0.3, 0.4) is 0 Å². The van der Waals surface area contributed by atoms with Gasteiger partial charge >= 0.3 is 0 Å². The van der Waals surface area contributed by atoms with Crippen LogP contribution in [-0.2, 0) is 4.79 Å². The second-order valence-electron chi connectivity index (χ2n) is 8.47. The van der Waals surface area contributed by atoms with Crippen molar-refractivity contribution in [3.8, 4) is 17.1 Å². The zero-order chi connectivity index (χ0) is 25.1. The number of carbonyl (C=O) groups is 1. The minimum atomic E-state index is -0.294. The van der Waals surface area contributed by atoms with Gasteiger partial charge < -0.3 is 29.7 Å². The predicted molar refractivity (Wildman–Crippen MR) is 140 cm³/mol. The van der Waals surface area contributed by atoms with E-state index in [1.54, 1.807) is 19.4 Å². The molecule has 1 aliphatic heterocycles. The number of amides is 1. The van der Waals surface area contributed by atoms with E-state index in [9.17, 15) is 4.79 Å². The summed E-state index contributed by atoms with van der Waals surface area (Å²) in [4.78, 5) is 25.7. The molecule has 2 N–H and O–H groups in total. The normalized spacial score (nSPS) is 14.0. The lowest BCUT2D eigenvalue weighted by atomic mass is 10.1. The number of rotatable bonds is 7. The molecule has 1 aliphatic rings. The second kappa shape index (κ2) is 10.0. The number of ether oxygens (including phenoxy) is 1. The van der Waals surface area contributed by atoms with Gasteiger partial charge in [-0.05, 0) is 37.4 Å². The number of likely N-dealkylation sites (N-methyl/N-ethyl adjacent to an activating group) is 1. The number of para-hydroxylation sites is 1. The van der Waals surface area contributed by atoms with Crippen molar-refractivity contribution < 1.29 is 14.1 Å². The topological polar surface area (TPSA) is 109 Å². The molecule has 4 aromatic rings. The smallest absolute Gasteiger partial charge is 0.247 e. The van der Waals surface area contributed by atoms with Crippen LogP contribution >= 0.6 is 0 Å². The van der Waals surface area contributed by atoms with Gasteiger partial charge in [-0.1, -0.05) is 23.9 Å². The Morgan fingerprint density at radius 3 is 2.72 bits per heavy atom. The minimum absolute atomic E-state index is 0.294. The van der Waals surface area contributed by atoms with E-state index in [0.29, 0.717) is 40.0 Å². The van der Waals surface area contributed by atoms with Crippen LogP contribution in [0.15, 0.2) is 65.8 Å². The number of nitrogens with one attached hydrogen (secondary N) is 2. The van der Waals surface area contributed by atoms with Gasteiger partial charge in [0.25, 0.3) is 0 Å². The summed E-state index contributed by atoms with van der Waals surface area (Å²) in [5.74, 6) is 0.658. The summed E-state index contributed by atoms with van der Waals surface area (Å²) in [6, 6.07) is 13.1. The Balaban J connectivity index is 1.50. The van der Waals surface area contributed by atoms with Crippen molar-refractivity contribution in [1.29, 1.82) is 0 Å². The van der Waals surface area contributed by atoms with E-state index >= 15 is 0 Å². The Hall–Kier alpha value is -4.44. The Kier molecular flexibility index (Phi) is 6.50. The number of piperazine rings is 1. The van der Waals surface area contributed by atoms with Gasteiger partial charge in [0.05, 0.1) is 35.3 Å². The first-order valence-electron chi connectivity index (χ1n) is 11.6. The second-order valence-corrected chi connectivity index (χ2v) is 8.47. The molecular formula is C26H27N7O3. The molecule has 0 saturated carbocycles. The van der Waals surface area contributed by atoms with Gasteiger partial charge in [-0.25, -0.2) is 9.97 Å². The van der Waals surface area contributed by atoms with Crippen LogP contribution in [0.2, 0.25) is 0 Å². The van der Waals surface area contributed by atoms with Gasteiger partial charge in [-0.3, -0.25) is 4.79 Å². The zero-order valence-electron chi connectivity index (χ0n) is 20.2. The lowest BCUT2D eigenvalue weighted by Gasteiger charge is -2.35. The van der Waals surface area contributed by atoms with Crippen LogP contribution in [0.5, 0.6) is 5.75 Å². The maximum absolute atomic E-state index is 12.2. The van der Waals surface area contributed by atoms with Crippen LogP contribution in [0.4, 0.5) is 23.0 Å². The summed E-state index contributed by atoms with van der Waals surface area (Å²) in [6.07, 6.45) is 2.90. The first kappa shape index (κ1) is 23.3. The molecule has 10 heteroatoms. The maximum atomic E-state index is 12.2. The zero-order valence-corrected chi connectivity index (χ0v) is 20.2. The SMILES string of the molecule is C=CC(=O)Nc1cc(Nc2nccc(-c3noc4ccccc34)n2)c(OC)cc1N1CCN(C)CC1. The highest BCUT2D eigenvalue weighted by molar-refractivity contribution is 6.02. The van der Waals surface area contributed by atoms with Crippen LogP contribution in [0.25, 0.3) is 22.4 Å². The number of carbonyl (C=O) groups excluding carboxylic acids is 1. The highest BCUT2D eigenvalue weighted by Crippen LogP contribution is 2.39. The molecule has 5 rings (SSSR count). The van der Waals surface area contributed by atoms with E-state index in [1.165, 1.54) is 6.08 Å². The van der Waals surface area contributed by atoms with Crippen molar-refractivity contribution >= 4 is 39.9 Å². The molecule has 2 aromatic heterocycles. The van der Waals surface area contributed by atoms with Gasteiger partial charge in [0.1, 0.15) is 11.4 Å². The fourth-order valence-electron chi connectivity index (χ4n) is 4.17. The van der Waals surface area contributed by atoms with Crippen LogP contribution < -0.4 is 20.3 Å². The van der Waals surface area contributed by atoms with E-state index in [-0.39, 0.29) is 5.91 Å². The molecule has 0 atom stereocenters. The quantitative estimate of drug-likeness (QED) is 0.377. The number of hydrogen-bond acceptors (Lipinski definition) is 9. The lowest BCUT2D eigenvalue weighted by molar-refractivity contribution is -0.111. The first-order valence-corrected chi connectivity index (χ1v) is 11.6. The average molecular weight is 486 g/mol. The summed E-state index contributed by atoms with van der Waals surface area (Å²) in [7, 11) is 3.70. The Morgan fingerprint density at radius 2 is 1.94 bits per heavy atom. The van der Waals surface area contributed by atoms with Crippen LogP contribution in [0, 0.1) is 0 Å². The Bertz CT molecular complexity index is 1410. The van der Waals surface area contributed by atoms with Crippen molar-refractivity contribution in [3.63, 3.8) is 0 Å². The first-order chi connectivity index (χ1) is 17.6. The van der Waals surface area contributed by atoms with Gasteiger partial charge in [-0.2, -0.15) is 0 Å². The lowest BCUT2D eigenvalue weighted by Crippen LogP contribution is -2.44. The summed E-state index contributed by atoms with van der Waals surface area (Å²) in [5, 5.41) is 11.2. The number of benzene rings is 2. The summed E-state index contributed by atoms with van der Waals surface area (Å²) < 4.78 is 11.1. The number of methoxy groups -OCH3 is 1. The fraction of sp³-hybridized carbons (Fsp3) is 0.231. The third-order valence-electron chi connectivity index (χ3n) is 6.13. The molecule has 10 nitrogen and oxygen atoms in total. The number of aromatic nitrogens is 3. The summed E-state index contributed by atoms with van der Waals surface area (Å²) >= 11 is 0. The summed E-state index contributed by atoms with van der Waals surface area (Å²) in [6.45, 7) is 7.10. The van der Waals surface area contributed by atoms with Gasteiger partial charge in [0.15, 0.2) is 5.58 Å². The molecule has 0 radical (unpaired) electrons. The van der Waals surface area contributed by atoms with Gasteiger partial charge in [0, 0.05) is 38.4 Å². The van der Waals surface area contributed by atoms with Crippen molar-refractivity contribution in [1.82, 2.24) is 20.0 Å². The third kappa shape index (κ3) is 4.71. The molecule has 2 aromatic carbocycles. The fourth-order valence-corrected chi connectivity index (χ4v) is 4.17. The number of hydrogen-bond donors (Lipinski definition) is 2. The van der Waals surface area contributed by atoms with Gasteiger partial charge in [-0.15, -0.1) is 0 Å². The maximum Gasteiger partial charge on any atom is 0.247 e. The molecule has 3 heterocycles. The number of nitrogens with zero attached hydrogens (tertiary/aromatic N) is 5. The standard InChI is InChI=1S/C26H27N7O3/c1-4-24(34)28-19-15-20(23(35-3)16-21(19)33-13-11-32(2)12-14-33)30-26-27-10-9-18(29-26)25-17-7-5-6-8-22(17)36-31-25/h4-10,15-16H,1,11-14H2,2-3H3,(H,28,34)(H,27,29,30). The predicted octanol–water partition coefficient (Wildman–Crippen LogP) is 3.91. The monoisotopic (exact) mass is 485 g/mol. The van der Waals surface area contributed by atoms with Crippen molar-refractivity contribution in [2.24, 2.45) is 0 Å². The van der Waals surface area contributed by atoms with E-state index < -0.39 is 0 Å². The van der Waals surface area contributed by atoms with E-state index in [0.717, 1.165) is 37.3 Å². The van der Waals surface area contributed by atoms with Crippen LogP contribution in [0.1, 0.15) is 0 Å².